The van der Waals surface area contributed by atoms with E-state index in [0.717, 1.165) is 13.1 Å². The molecule has 0 aromatic heterocycles. The standard InChI is InChI=1S/C18H30N2O/c1-5-20(17-10-6-15(4)7-11-17)12-18(13-21,16-8-9-16)19-14(2)3/h6-7,10-11,14,16,19,21H,5,8-9,12-13H2,1-4H3. The van der Waals surface area contributed by atoms with Gasteiger partial charge in [-0.2, -0.15) is 0 Å². The molecule has 118 valence electrons. The number of anilines is 1. The molecule has 3 nitrogen and oxygen atoms in total. The molecule has 0 radical (unpaired) electrons. The third kappa shape index (κ3) is 3.98. The van der Waals surface area contributed by atoms with Crippen LogP contribution in [0.2, 0.25) is 0 Å². The number of hydrogen-bond acceptors (Lipinski definition) is 3. The fourth-order valence-electron chi connectivity index (χ4n) is 3.21. The van der Waals surface area contributed by atoms with Crippen LogP contribution in [0.4, 0.5) is 5.69 Å². The van der Waals surface area contributed by atoms with Gasteiger partial charge >= 0.3 is 0 Å². The Hall–Kier alpha value is -1.06. The number of nitrogens with one attached hydrogen (secondary N) is 1. The average Bonchev–Trinajstić information content (AvgIpc) is 3.29. The van der Waals surface area contributed by atoms with Crippen LogP contribution in [0.5, 0.6) is 0 Å². The molecule has 21 heavy (non-hydrogen) atoms. The Bertz CT molecular complexity index is 439. The summed E-state index contributed by atoms with van der Waals surface area (Å²) < 4.78 is 0. The van der Waals surface area contributed by atoms with Gasteiger partial charge in [-0.1, -0.05) is 31.5 Å². The molecule has 0 heterocycles. The van der Waals surface area contributed by atoms with E-state index in [4.69, 9.17) is 0 Å². The van der Waals surface area contributed by atoms with E-state index < -0.39 is 0 Å². The van der Waals surface area contributed by atoms with Crippen LogP contribution in [-0.4, -0.2) is 36.4 Å². The van der Waals surface area contributed by atoms with Gasteiger partial charge in [0.1, 0.15) is 0 Å². The van der Waals surface area contributed by atoms with Crippen molar-refractivity contribution in [2.24, 2.45) is 5.92 Å². The van der Waals surface area contributed by atoms with E-state index in [1.807, 2.05) is 0 Å². The second-order valence-corrected chi connectivity index (χ2v) is 6.74. The van der Waals surface area contributed by atoms with E-state index in [2.05, 4.69) is 62.2 Å². The number of rotatable bonds is 8. The molecule has 1 aliphatic carbocycles. The Morgan fingerprint density at radius 1 is 1.29 bits per heavy atom. The fraction of sp³-hybridized carbons (Fsp3) is 0.667. The zero-order chi connectivity index (χ0) is 15.5. The van der Waals surface area contributed by atoms with Crippen LogP contribution >= 0.6 is 0 Å². The Morgan fingerprint density at radius 3 is 2.33 bits per heavy atom. The monoisotopic (exact) mass is 290 g/mol. The highest BCUT2D eigenvalue weighted by Crippen LogP contribution is 2.40. The van der Waals surface area contributed by atoms with Gasteiger partial charge in [0, 0.05) is 24.8 Å². The first-order valence-corrected chi connectivity index (χ1v) is 8.21. The lowest BCUT2D eigenvalue weighted by Crippen LogP contribution is -2.60. The Morgan fingerprint density at radius 2 is 1.90 bits per heavy atom. The molecule has 3 heteroatoms. The molecular weight excluding hydrogens is 260 g/mol. The van der Waals surface area contributed by atoms with Crippen molar-refractivity contribution in [1.82, 2.24) is 5.32 Å². The van der Waals surface area contributed by atoms with Crippen molar-refractivity contribution in [3.8, 4) is 0 Å². The van der Waals surface area contributed by atoms with Gasteiger partial charge in [0.2, 0.25) is 0 Å². The van der Waals surface area contributed by atoms with Crippen LogP contribution in [0.25, 0.3) is 0 Å². The molecule has 2 rings (SSSR count). The summed E-state index contributed by atoms with van der Waals surface area (Å²) in [5.74, 6) is 0.601. The topological polar surface area (TPSA) is 35.5 Å². The maximum Gasteiger partial charge on any atom is 0.0633 e. The van der Waals surface area contributed by atoms with E-state index in [1.165, 1.54) is 24.1 Å². The van der Waals surface area contributed by atoms with Gasteiger partial charge in [-0.3, -0.25) is 0 Å². The Kier molecular flexibility index (Phi) is 5.28. The highest BCUT2D eigenvalue weighted by molar-refractivity contribution is 5.48. The number of aryl methyl sites for hydroxylation is 1. The third-order valence-corrected chi connectivity index (χ3v) is 4.47. The summed E-state index contributed by atoms with van der Waals surface area (Å²) in [5.41, 5.74) is 2.35. The second-order valence-electron chi connectivity index (χ2n) is 6.74. The normalized spacial score (nSPS) is 17.8. The number of likely N-dealkylation sites (N-methyl/N-ethyl adjacent to an activating group) is 1. The van der Waals surface area contributed by atoms with Crippen molar-refractivity contribution in [1.29, 1.82) is 0 Å². The maximum absolute atomic E-state index is 10.1. The number of aliphatic hydroxyl groups is 1. The lowest BCUT2D eigenvalue weighted by atomic mass is 9.92. The number of nitrogens with zero attached hydrogens (tertiary/aromatic N) is 1. The zero-order valence-corrected chi connectivity index (χ0v) is 13.9. The highest BCUT2D eigenvalue weighted by Gasteiger charge is 2.46. The molecule has 0 saturated heterocycles. The lowest BCUT2D eigenvalue weighted by molar-refractivity contribution is 0.135. The summed E-state index contributed by atoms with van der Waals surface area (Å²) in [6, 6.07) is 9.07. The van der Waals surface area contributed by atoms with Gasteiger partial charge in [-0.15, -0.1) is 0 Å². The van der Waals surface area contributed by atoms with Gasteiger partial charge in [-0.25, -0.2) is 0 Å². The van der Waals surface area contributed by atoms with Crippen LogP contribution in [0.3, 0.4) is 0 Å². The predicted octanol–water partition coefficient (Wildman–Crippen LogP) is 2.96. The molecule has 0 bridgehead atoms. The third-order valence-electron chi connectivity index (χ3n) is 4.47. The van der Waals surface area contributed by atoms with Gasteiger partial charge in [0.05, 0.1) is 12.1 Å². The smallest absolute Gasteiger partial charge is 0.0633 e. The molecule has 0 spiro atoms. The highest BCUT2D eigenvalue weighted by atomic mass is 16.3. The SMILES string of the molecule is CCN(CC(CO)(NC(C)C)C1CC1)c1ccc(C)cc1. The first-order valence-electron chi connectivity index (χ1n) is 8.21. The first kappa shape index (κ1) is 16.3. The van der Waals surface area contributed by atoms with E-state index in [-0.39, 0.29) is 12.1 Å². The first-order chi connectivity index (χ1) is 10.0. The molecule has 1 atom stereocenters. The van der Waals surface area contributed by atoms with Gasteiger partial charge in [0.15, 0.2) is 0 Å². The molecule has 2 N–H and O–H groups in total. The fourth-order valence-corrected chi connectivity index (χ4v) is 3.21. The van der Waals surface area contributed by atoms with Crippen LogP contribution in [0, 0.1) is 12.8 Å². The minimum Gasteiger partial charge on any atom is -0.394 e. The molecule has 1 unspecified atom stereocenters. The summed E-state index contributed by atoms with van der Waals surface area (Å²) in [5, 5.41) is 13.7. The van der Waals surface area contributed by atoms with Crippen LogP contribution in [-0.2, 0) is 0 Å². The van der Waals surface area contributed by atoms with Gasteiger partial charge in [-0.05, 0) is 44.7 Å². The molecule has 0 amide bonds. The molecule has 1 fully saturated rings. The molecule has 0 aliphatic heterocycles. The van der Waals surface area contributed by atoms with Crippen molar-refractivity contribution < 1.29 is 5.11 Å². The molecule has 1 saturated carbocycles. The summed E-state index contributed by atoms with van der Waals surface area (Å²) in [6.07, 6.45) is 2.46. The van der Waals surface area contributed by atoms with Crippen LogP contribution in [0.15, 0.2) is 24.3 Å². The van der Waals surface area contributed by atoms with Crippen molar-refractivity contribution in [3.05, 3.63) is 29.8 Å². The van der Waals surface area contributed by atoms with E-state index >= 15 is 0 Å². The zero-order valence-electron chi connectivity index (χ0n) is 13.9. The maximum atomic E-state index is 10.1. The van der Waals surface area contributed by atoms with Crippen molar-refractivity contribution in [2.75, 3.05) is 24.6 Å². The minimum atomic E-state index is -0.172. The molecule has 1 aliphatic rings. The minimum absolute atomic E-state index is 0.172. The molecule has 1 aromatic rings. The van der Waals surface area contributed by atoms with E-state index in [1.54, 1.807) is 0 Å². The van der Waals surface area contributed by atoms with Crippen LogP contribution in [0.1, 0.15) is 39.2 Å². The van der Waals surface area contributed by atoms with Crippen molar-refractivity contribution in [2.45, 2.75) is 52.1 Å². The van der Waals surface area contributed by atoms with E-state index in [9.17, 15) is 5.11 Å². The summed E-state index contributed by atoms with van der Waals surface area (Å²) in [6.45, 7) is 10.7. The van der Waals surface area contributed by atoms with Crippen molar-refractivity contribution in [3.63, 3.8) is 0 Å². The largest absolute Gasteiger partial charge is 0.394 e. The molecule has 1 aromatic carbocycles. The van der Waals surface area contributed by atoms with Crippen LogP contribution < -0.4 is 10.2 Å². The number of aliphatic hydroxyl groups excluding tert-OH is 1. The Balaban J connectivity index is 2.18. The Labute approximate surface area is 129 Å². The number of hydrogen-bond donors (Lipinski definition) is 2. The average molecular weight is 290 g/mol. The summed E-state index contributed by atoms with van der Waals surface area (Å²) in [4.78, 5) is 2.38. The molecular formula is C18H30N2O. The predicted molar refractivity (Wildman–Crippen MR) is 89.9 cm³/mol. The number of benzene rings is 1. The lowest BCUT2D eigenvalue weighted by Gasteiger charge is -2.40. The van der Waals surface area contributed by atoms with Crippen molar-refractivity contribution >= 4 is 5.69 Å². The van der Waals surface area contributed by atoms with Gasteiger partial charge in [0.25, 0.3) is 0 Å². The van der Waals surface area contributed by atoms with Gasteiger partial charge < -0.3 is 15.3 Å². The quantitative estimate of drug-likeness (QED) is 0.772. The second kappa shape index (κ2) is 6.80. The van der Waals surface area contributed by atoms with E-state index in [0.29, 0.717) is 12.0 Å². The summed E-state index contributed by atoms with van der Waals surface area (Å²) in [7, 11) is 0. The summed E-state index contributed by atoms with van der Waals surface area (Å²) >= 11 is 0.